The minimum Gasteiger partial charge on any atom is -0.497 e. The van der Waals surface area contributed by atoms with Gasteiger partial charge in [0.25, 0.3) is 5.91 Å². The Kier molecular flexibility index (Phi) is 6.27. The number of benzene rings is 2. The molecule has 0 bridgehead atoms. The largest absolute Gasteiger partial charge is 0.497 e. The summed E-state index contributed by atoms with van der Waals surface area (Å²) in [5.41, 5.74) is 1.81. The van der Waals surface area contributed by atoms with E-state index in [0.717, 1.165) is 22.0 Å². The fraction of sp³-hybridized carbons (Fsp3) is 0.200. The second-order valence-electron chi connectivity index (χ2n) is 5.59. The summed E-state index contributed by atoms with van der Waals surface area (Å²) < 4.78 is 15.9. The number of ether oxygens (including phenoxy) is 3. The number of carbonyl (C=O) groups excluding carboxylic acids is 1. The summed E-state index contributed by atoms with van der Waals surface area (Å²) >= 11 is 1.53. The van der Waals surface area contributed by atoms with Gasteiger partial charge in [0.2, 0.25) is 0 Å². The first-order valence-corrected chi connectivity index (χ1v) is 9.19. The van der Waals surface area contributed by atoms with Crippen molar-refractivity contribution in [2.45, 2.75) is 6.54 Å². The van der Waals surface area contributed by atoms with Gasteiger partial charge in [0, 0.05) is 10.9 Å². The van der Waals surface area contributed by atoms with Crippen LogP contribution in [0.3, 0.4) is 0 Å². The molecule has 27 heavy (non-hydrogen) atoms. The molecular weight excluding hydrogens is 364 g/mol. The third kappa shape index (κ3) is 4.98. The van der Waals surface area contributed by atoms with Crippen LogP contribution >= 0.6 is 11.3 Å². The van der Waals surface area contributed by atoms with Crippen molar-refractivity contribution in [1.29, 1.82) is 0 Å². The average molecular weight is 384 g/mol. The quantitative estimate of drug-likeness (QED) is 0.643. The number of methoxy groups -OCH3 is 2. The Morgan fingerprint density at radius 2 is 1.78 bits per heavy atom. The van der Waals surface area contributed by atoms with Gasteiger partial charge in [-0.05, 0) is 36.4 Å². The van der Waals surface area contributed by atoms with E-state index in [1.54, 1.807) is 26.4 Å². The van der Waals surface area contributed by atoms with E-state index in [1.165, 1.54) is 11.3 Å². The number of hydrogen-bond acceptors (Lipinski definition) is 6. The molecule has 6 nitrogen and oxygen atoms in total. The second kappa shape index (κ2) is 9.05. The molecular formula is C20H20N2O4S. The van der Waals surface area contributed by atoms with Gasteiger partial charge >= 0.3 is 0 Å². The first kappa shape index (κ1) is 18.7. The minimum atomic E-state index is -0.222. The summed E-state index contributed by atoms with van der Waals surface area (Å²) in [6.07, 6.45) is 0. The standard InChI is InChI=1S/C20H20N2O4S/c1-24-16-9-7-14(8-10-16)20-22-15(13-27-20)11-21-19(23)12-26-18-6-4-3-5-17(18)25-2/h3-10,13H,11-12H2,1-2H3,(H,21,23). The maximum atomic E-state index is 12.0. The molecule has 1 aromatic heterocycles. The number of rotatable bonds is 8. The van der Waals surface area contributed by atoms with E-state index in [9.17, 15) is 4.79 Å². The molecule has 0 saturated heterocycles. The van der Waals surface area contributed by atoms with Gasteiger partial charge in [0.1, 0.15) is 10.8 Å². The van der Waals surface area contributed by atoms with Crippen LogP contribution in [0.4, 0.5) is 0 Å². The van der Waals surface area contributed by atoms with Gasteiger partial charge < -0.3 is 19.5 Å². The lowest BCUT2D eigenvalue weighted by molar-refractivity contribution is -0.123. The van der Waals surface area contributed by atoms with Crippen LogP contribution in [0.2, 0.25) is 0 Å². The van der Waals surface area contributed by atoms with Crippen LogP contribution in [0, 0.1) is 0 Å². The van der Waals surface area contributed by atoms with Crippen LogP contribution in [0.25, 0.3) is 10.6 Å². The van der Waals surface area contributed by atoms with Crippen molar-refractivity contribution in [1.82, 2.24) is 10.3 Å². The fourth-order valence-corrected chi connectivity index (χ4v) is 3.20. The Morgan fingerprint density at radius 1 is 1.04 bits per heavy atom. The van der Waals surface area contributed by atoms with Crippen molar-refractivity contribution in [3.05, 3.63) is 59.6 Å². The highest BCUT2D eigenvalue weighted by atomic mass is 32.1. The van der Waals surface area contributed by atoms with E-state index < -0.39 is 0 Å². The van der Waals surface area contributed by atoms with Crippen LogP contribution in [0.5, 0.6) is 17.2 Å². The first-order valence-electron chi connectivity index (χ1n) is 8.31. The van der Waals surface area contributed by atoms with Crippen LogP contribution in [0.15, 0.2) is 53.9 Å². The highest BCUT2D eigenvalue weighted by Crippen LogP contribution is 2.26. The SMILES string of the molecule is COc1ccc(-c2nc(CNC(=O)COc3ccccc3OC)cs2)cc1. The normalized spacial score (nSPS) is 10.3. The van der Waals surface area contributed by atoms with Crippen molar-refractivity contribution < 1.29 is 19.0 Å². The Hall–Kier alpha value is -3.06. The second-order valence-corrected chi connectivity index (χ2v) is 6.45. The van der Waals surface area contributed by atoms with Crippen LogP contribution in [0.1, 0.15) is 5.69 Å². The molecule has 0 aliphatic carbocycles. The van der Waals surface area contributed by atoms with E-state index in [0.29, 0.717) is 18.0 Å². The number of para-hydroxylation sites is 2. The predicted molar refractivity (Wildman–Crippen MR) is 104 cm³/mol. The smallest absolute Gasteiger partial charge is 0.258 e. The number of carbonyl (C=O) groups is 1. The van der Waals surface area contributed by atoms with Crippen molar-refractivity contribution in [3.8, 4) is 27.8 Å². The number of aromatic nitrogens is 1. The van der Waals surface area contributed by atoms with Gasteiger partial charge in [-0.2, -0.15) is 0 Å². The maximum Gasteiger partial charge on any atom is 0.258 e. The third-order valence-corrected chi connectivity index (χ3v) is 4.72. The Balaban J connectivity index is 1.51. The van der Waals surface area contributed by atoms with Crippen molar-refractivity contribution in [3.63, 3.8) is 0 Å². The predicted octanol–water partition coefficient (Wildman–Crippen LogP) is 3.52. The molecule has 0 atom stereocenters. The van der Waals surface area contributed by atoms with E-state index in [1.807, 2.05) is 41.8 Å². The van der Waals surface area contributed by atoms with E-state index in [2.05, 4.69) is 10.3 Å². The molecule has 0 saturated carbocycles. The van der Waals surface area contributed by atoms with Gasteiger partial charge in [-0.25, -0.2) is 4.98 Å². The Morgan fingerprint density at radius 3 is 2.48 bits per heavy atom. The van der Waals surface area contributed by atoms with E-state index >= 15 is 0 Å². The number of thiazole rings is 1. The minimum absolute atomic E-state index is 0.0875. The molecule has 0 fully saturated rings. The Bertz CT molecular complexity index is 893. The van der Waals surface area contributed by atoms with Crippen molar-refractivity contribution >= 4 is 17.2 Å². The average Bonchev–Trinajstić information content (AvgIpc) is 3.20. The molecule has 1 amide bonds. The molecule has 1 N–H and O–H groups in total. The molecule has 140 valence electrons. The molecule has 0 aliphatic heterocycles. The van der Waals surface area contributed by atoms with Crippen LogP contribution < -0.4 is 19.5 Å². The molecule has 3 aromatic rings. The lowest BCUT2D eigenvalue weighted by Gasteiger charge is -2.10. The van der Waals surface area contributed by atoms with Crippen molar-refractivity contribution in [2.24, 2.45) is 0 Å². The maximum absolute atomic E-state index is 12.0. The number of hydrogen-bond donors (Lipinski definition) is 1. The summed E-state index contributed by atoms with van der Waals surface area (Å²) in [5.74, 6) is 1.71. The van der Waals surface area contributed by atoms with E-state index in [4.69, 9.17) is 14.2 Å². The third-order valence-electron chi connectivity index (χ3n) is 3.78. The van der Waals surface area contributed by atoms with Gasteiger partial charge in [-0.1, -0.05) is 12.1 Å². The van der Waals surface area contributed by atoms with Crippen LogP contribution in [-0.2, 0) is 11.3 Å². The van der Waals surface area contributed by atoms with Gasteiger partial charge in [-0.3, -0.25) is 4.79 Å². The lowest BCUT2D eigenvalue weighted by Crippen LogP contribution is -2.28. The first-order chi connectivity index (χ1) is 13.2. The zero-order chi connectivity index (χ0) is 19.1. The van der Waals surface area contributed by atoms with Gasteiger partial charge in [0.15, 0.2) is 18.1 Å². The summed E-state index contributed by atoms with van der Waals surface area (Å²) in [7, 11) is 3.20. The van der Waals surface area contributed by atoms with E-state index in [-0.39, 0.29) is 12.5 Å². The number of nitrogens with zero attached hydrogens (tertiary/aromatic N) is 1. The van der Waals surface area contributed by atoms with Crippen LogP contribution in [-0.4, -0.2) is 31.7 Å². The number of amides is 1. The Labute approximate surface area is 161 Å². The van der Waals surface area contributed by atoms with Crippen molar-refractivity contribution in [2.75, 3.05) is 20.8 Å². The molecule has 0 aliphatic rings. The zero-order valence-electron chi connectivity index (χ0n) is 15.1. The number of nitrogens with one attached hydrogen (secondary N) is 1. The molecule has 1 heterocycles. The monoisotopic (exact) mass is 384 g/mol. The fourth-order valence-electron chi connectivity index (χ4n) is 2.38. The molecule has 3 rings (SSSR count). The summed E-state index contributed by atoms with van der Waals surface area (Å²) in [6.45, 7) is 0.261. The lowest BCUT2D eigenvalue weighted by atomic mass is 10.2. The molecule has 0 radical (unpaired) electrons. The summed E-state index contributed by atoms with van der Waals surface area (Å²) in [5, 5.41) is 5.64. The summed E-state index contributed by atoms with van der Waals surface area (Å²) in [6, 6.07) is 14.9. The van der Waals surface area contributed by atoms with Gasteiger partial charge in [-0.15, -0.1) is 11.3 Å². The molecule has 7 heteroatoms. The highest BCUT2D eigenvalue weighted by Gasteiger charge is 2.09. The molecule has 0 unspecified atom stereocenters. The zero-order valence-corrected chi connectivity index (χ0v) is 15.9. The summed E-state index contributed by atoms with van der Waals surface area (Å²) in [4.78, 5) is 16.6. The molecule has 2 aromatic carbocycles. The topological polar surface area (TPSA) is 69.7 Å². The molecule has 0 spiro atoms. The highest BCUT2D eigenvalue weighted by molar-refractivity contribution is 7.13. The van der Waals surface area contributed by atoms with Gasteiger partial charge in [0.05, 0.1) is 26.5 Å².